The zero-order valence-corrected chi connectivity index (χ0v) is 16.8. The average Bonchev–Trinajstić information content (AvgIpc) is 2.74. The number of aromatic nitrogens is 2. The molecular formula is C22H27FN4O2+2. The molecule has 0 bridgehead atoms. The molecule has 1 fully saturated rings. The second-order valence-electron chi connectivity index (χ2n) is 7.73. The van der Waals surface area contributed by atoms with Gasteiger partial charge in [0.05, 0.1) is 23.6 Å². The minimum absolute atomic E-state index is 0.0840. The number of rotatable bonds is 5. The van der Waals surface area contributed by atoms with E-state index < -0.39 is 0 Å². The predicted molar refractivity (Wildman–Crippen MR) is 109 cm³/mol. The molecular weight excluding hydrogens is 371 g/mol. The number of methoxy groups -OCH3 is 1. The molecule has 1 aliphatic heterocycles. The van der Waals surface area contributed by atoms with Crippen LogP contribution in [0.15, 0.2) is 47.3 Å². The van der Waals surface area contributed by atoms with Crippen molar-refractivity contribution in [2.75, 3.05) is 33.3 Å². The molecule has 3 N–H and O–H groups in total. The topological polar surface area (TPSA) is 63.9 Å². The Morgan fingerprint density at radius 2 is 1.93 bits per heavy atom. The number of quaternary nitrogens is 2. The van der Waals surface area contributed by atoms with Gasteiger partial charge in [0, 0.05) is 0 Å². The van der Waals surface area contributed by atoms with Crippen LogP contribution in [0.4, 0.5) is 4.39 Å². The van der Waals surface area contributed by atoms with Gasteiger partial charge >= 0.3 is 0 Å². The number of H-pyrrole nitrogens is 1. The van der Waals surface area contributed by atoms with Crippen LogP contribution in [-0.4, -0.2) is 43.3 Å². The Kier molecular flexibility index (Phi) is 5.60. The summed E-state index contributed by atoms with van der Waals surface area (Å²) in [7, 11) is 1.62. The van der Waals surface area contributed by atoms with E-state index in [9.17, 15) is 9.18 Å². The molecule has 1 aliphatic rings. The quantitative estimate of drug-likeness (QED) is 0.572. The third kappa shape index (κ3) is 4.16. The second-order valence-corrected chi connectivity index (χ2v) is 7.73. The summed E-state index contributed by atoms with van der Waals surface area (Å²) < 4.78 is 19.0. The number of para-hydroxylation sites is 1. The minimum atomic E-state index is -0.232. The number of ether oxygens (including phenoxy) is 1. The molecule has 0 spiro atoms. The van der Waals surface area contributed by atoms with Gasteiger partial charge in [0.2, 0.25) is 0 Å². The fourth-order valence-electron chi connectivity index (χ4n) is 4.19. The number of benzene rings is 2. The lowest BCUT2D eigenvalue weighted by Gasteiger charge is -2.33. The number of hydrogen-bond acceptors (Lipinski definition) is 3. The summed E-state index contributed by atoms with van der Waals surface area (Å²) in [5.41, 5.74) is 1.55. The number of nitrogens with one attached hydrogen (secondary N) is 3. The van der Waals surface area contributed by atoms with Gasteiger partial charge in [0.25, 0.3) is 5.56 Å². The Morgan fingerprint density at radius 3 is 2.69 bits per heavy atom. The third-order valence-electron chi connectivity index (χ3n) is 5.94. The van der Waals surface area contributed by atoms with Crippen molar-refractivity contribution in [3.05, 3.63) is 70.0 Å². The van der Waals surface area contributed by atoms with E-state index >= 15 is 0 Å². The maximum atomic E-state index is 13.6. The van der Waals surface area contributed by atoms with Gasteiger partial charge in [0.1, 0.15) is 50.3 Å². The average molecular weight is 398 g/mol. The van der Waals surface area contributed by atoms with Crippen molar-refractivity contribution in [2.24, 2.45) is 0 Å². The molecule has 0 radical (unpaired) electrons. The van der Waals surface area contributed by atoms with E-state index in [2.05, 4.69) is 16.9 Å². The normalized spacial score (nSPS) is 20.5. The molecule has 152 valence electrons. The standard InChI is InChI=1S/C22H25FN4O2/c1-15(21-24-19-6-4-3-5-18(19)22(28)25-21)27-11-9-26(10-12-27)14-16-13-17(23)7-8-20(16)29-2/h3-8,13,15H,9-12,14H2,1-2H3,(H,24,25,28)/p+2/t15-/m0/s1. The molecule has 0 aliphatic carbocycles. The van der Waals surface area contributed by atoms with Crippen molar-refractivity contribution in [1.29, 1.82) is 0 Å². The smallest absolute Gasteiger partial charge is 0.258 e. The van der Waals surface area contributed by atoms with Crippen LogP contribution in [0.2, 0.25) is 0 Å². The fourth-order valence-corrected chi connectivity index (χ4v) is 4.19. The largest absolute Gasteiger partial charge is 0.496 e. The molecule has 3 aromatic rings. The lowest BCUT2D eigenvalue weighted by Crippen LogP contribution is -3.27. The lowest BCUT2D eigenvalue weighted by molar-refractivity contribution is -1.03. The van der Waals surface area contributed by atoms with Crippen molar-refractivity contribution in [3.8, 4) is 5.75 Å². The Hall–Kier alpha value is -2.77. The highest BCUT2D eigenvalue weighted by atomic mass is 19.1. The first-order chi connectivity index (χ1) is 14.0. The molecule has 1 atom stereocenters. The number of nitrogens with zero attached hydrogens (tertiary/aromatic N) is 1. The van der Waals surface area contributed by atoms with Gasteiger partial charge in [-0.2, -0.15) is 0 Å². The first-order valence-electron chi connectivity index (χ1n) is 10.0. The molecule has 0 saturated carbocycles. The fraction of sp³-hybridized carbons (Fsp3) is 0.364. The highest BCUT2D eigenvalue weighted by molar-refractivity contribution is 5.77. The molecule has 6 nitrogen and oxygen atoms in total. The molecule has 1 aromatic heterocycles. The SMILES string of the molecule is COc1ccc(F)cc1C[NH+]1CC[NH+]([C@@H](C)c2nc3ccccc3c(=O)[nH]2)CC1. The minimum Gasteiger partial charge on any atom is -0.496 e. The number of hydrogen-bond donors (Lipinski definition) is 3. The Bertz CT molecular complexity index is 1060. The van der Waals surface area contributed by atoms with Gasteiger partial charge in [0.15, 0.2) is 5.82 Å². The van der Waals surface area contributed by atoms with E-state index in [1.165, 1.54) is 15.9 Å². The van der Waals surface area contributed by atoms with Crippen molar-refractivity contribution in [2.45, 2.75) is 19.5 Å². The molecule has 2 heterocycles. The summed E-state index contributed by atoms with van der Waals surface area (Å²) in [5, 5.41) is 0.622. The first-order valence-corrected chi connectivity index (χ1v) is 10.0. The monoisotopic (exact) mass is 398 g/mol. The van der Waals surface area contributed by atoms with Crippen LogP contribution in [0.3, 0.4) is 0 Å². The van der Waals surface area contributed by atoms with Crippen LogP contribution in [0, 0.1) is 5.82 Å². The Labute approximate surface area is 168 Å². The van der Waals surface area contributed by atoms with Crippen LogP contribution in [0.1, 0.15) is 24.4 Å². The first kappa shape index (κ1) is 19.5. The van der Waals surface area contributed by atoms with Crippen LogP contribution >= 0.6 is 0 Å². The van der Waals surface area contributed by atoms with E-state index in [0.717, 1.165) is 55.4 Å². The van der Waals surface area contributed by atoms with Crippen molar-refractivity contribution >= 4 is 10.9 Å². The van der Waals surface area contributed by atoms with Gasteiger partial charge in [-0.05, 0) is 37.3 Å². The molecule has 2 aromatic carbocycles. The number of fused-ring (bicyclic) bond motifs is 1. The molecule has 0 unspecified atom stereocenters. The summed E-state index contributed by atoms with van der Waals surface area (Å²) in [6.07, 6.45) is 0. The summed E-state index contributed by atoms with van der Waals surface area (Å²) in [5.74, 6) is 1.24. The van der Waals surface area contributed by atoms with E-state index in [-0.39, 0.29) is 17.4 Å². The maximum Gasteiger partial charge on any atom is 0.258 e. The highest BCUT2D eigenvalue weighted by Gasteiger charge is 2.30. The molecule has 1 saturated heterocycles. The van der Waals surface area contributed by atoms with Gasteiger partial charge in [-0.3, -0.25) is 4.79 Å². The Balaban J connectivity index is 1.43. The molecule has 4 rings (SSSR count). The van der Waals surface area contributed by atoms with E-state index in [0.29, 0.717) is 5.39 Å². The number of aromatic amines is 1. The van der Waals surface area contributed by atoms with Gasteiger partial charge < -0.3 is 19.5 Å². The summed E-state index contributed by atoms with van der Waals surface area (Å²) in [6.45, 7) is 6.72. The van der Waals surface area contributed by atoms with Gasteiger partial charge in [-0.25, -0.2) is 9.37 Å². The summed E-state index contributed by atoms with van der Waals surface area (Å²) >= 11 is 0. The Morgan fingerprint density at radius 1 is 1.17 bits per heavy atom. The second kappa shape index (κ2) is 8.31. The van der Waals surface area contributed by atoms with Crippen LogP contribution < -0.4 is 20.1 Å². The van der Waals surface area contributed by atoms with E-state index in [1.54, 1.807) is 25.3 Å². The van der Waals surface area contributed by atoms with Crippen molar-refractivity contribution < 1.29 is 18.9 Å². The van der Waals surface area contributed by atoms with E-state index in [4.69, 9.17) is 4.74 Å². The zero-order valence-electron chi connectivity index (χ0n) is 16.8. The third-order valence-corrected chi connectivity index (χ3v) is 5.94. The highest BCUT2D eigenvalue weighted by Crippen LogP contribution is 2.18. The van der Waals surface area contributed by atoms with E-state index in [1.807, 2.05) is 18.2 Å². The van der Waals surface area contributed by atoms with Crippen LogP contribution in [0.5, 0.6) is 5.75 Å². The number of piperazine rings is 1. The molecule has 29 heavy (non-hydrogen) atoms. The summed E-state index contributed by atoms with van der Waals surface area (Å²) in [4.78, 5) is 22.8. The molecule has 0 amide bonds. The van der Waals surface area contributed by atoms with Crippen molar-refractivity contribution in [3.63, 3.8) is 0 Å². The summed E-state index contributed by atoms with van der Waals surface area (Å²) in [6, 6.07) is 12.2. The maximum absolute atomic E-state index is 13.6. The predicted octanol–water partition coefficient (Wildman–Crippen LogP) is 0.115. The van der Waals surface area contributed by atoms with Crippen LogP contribution in [0.25, 0.3) is 10.9 Å². The lowest BCUT2D eigenvalue weighted by atomic mass is 10.1. The zero-order chi connectivity index (χ0) is 20.4. The van der Waals surface area contributed by atoms with Crippen LogP contribution in [-0.2, 0) is 6.54 Å². The number of halogens is 1. The van der Waals surface area contributed by atoms with Gasteiger partial charge in [-0.15, -0.1) is 0 Å². The van der Waals surface area contributed by atoms with Crippen molar-refractivity contribution in [1.82, 2.24) is 9.97 Å². The molecule has 7 heteroatoms. The van der Waals surface area contributed by atoms with Gasteiger partial charge in [-0.1, -0.05) is 12.1 Å².